The Morgan fingerprint density at radius 1 is 0.914 bits per heavy atom. The molecular formula is C29H28Cl2N4. The van der Waals surface area contributed by atoms with Crippen LogP contribution < -0.4 is 4.90 Å². The average Bonchev–Trinajstić information content (AvgIpc) is 3.49. The van der Waals surface area contributed by atoms with Gasteiger partial charge in [0.05, 0.1) is 21.4 Å². The highest BCUT2D eigenvalue weighted by Gasteiger charge is 2.21. The van der Waals surface area contributed by atoms with Crippen LogP contribution in [0.15, 0.2) is 59.6 Å². The smallest absolute Gasteiger partial charge is 0.0685 e. The molecule has 6 heteroatoms. The standard InChI is InChI=1S/C29H28Cl2N4/c1-3-18-5-8-23(29(31)28(18)30)27-16-21-14-19(6-9-24(21)32-27)25-15-20-4-7-22(17-26(20)33-25)35-12-10-34(2)11-13-35/h4-9,14-15,17,33H,3,10-13,16H2,1-2H3. The molecule has 0 radical (unpaired) electrons. The van der Waals surface area contributed by atoms with Gasteiger partial charge in [-0.2, -0.15) is 0 Å². The lowest BCUT2D eigenvalue weighted by Crippen LogP contribution is -2.44. The molecule has 1 fully saturated rings. The molecule has 35 heavy (non-hydrogen) atoms. The number of aromatic amines is 1. The Morgan fingerprint density at radius 2 is 1.74 bits per heavy atom. The Kier molecular flexibility index (Phi) is 5.84. The maximum Gasteiger partial charge on any atom is 0.0685 e. The van der Waals surface area contributed by atoms with E-state index in [2.05, 4.69) is 77.3 Å². The fourth-order valence-electron chi connectivity index (χ4n) is 5.14. The van der Waals surface area contributed by atoms with E-state index < -0.39 is 0 Å². The van der Waals surface area contributed by atoms with E-state index in [0.717, 1.165) is 67.2 Å². The number of halogens is 2. The Morgan fingerprint density at radius 3 is 2.54 bits per heavy atom. The van der Waals surface area contributed by atoms with E-state index in [-0.39, 0.29) is 0 Å². The summed E-state index contributed by atoms with van der Waals surface area (Å²) in [7, 11) is 2.19. The monoisotopic (exact) mass is 502 g/mol. The van der Waals surface area contributed by atoms with Gasteiger partial charge in [-0.05, 0) is 60.5 Å². The van der Waals surface area contributed by atoms with Gasteiger partial charge in [0.25, 0.3) is 0 Å². The number of nitrogens with zero attached hydrogens (tertiary/aromatic N) is 3. The van der Waals surface area contributed by atoms with Crippen molar-refractivity contribution >= 4 is 51.2 Å². The molecule has 3 heterocycles. The van der Waals surface area contributed by atoms with Crippen LogP contribution in [0, 0.1) is 0 Å². The highest BCUT2D eigenvalue weighted by molar-refractivity contribution is 6.44. The topological polar surface area (TPSA) is 34.6 Å². The van der Waals surface area contributed by atoms with Gasteiger partial charge in [-0.1, -0.05) is 54.4 Å². The molecule has 1 aromatic heterocycles. The van der Waals surface area contributed by atoms with Gasteiger partial charge in [-0.15, -0.1) is 0 Å². The fourth-order valence-corrected chi connectivity index (χ4v) is 5.73. The number of hydrogen-bond donors (Lipinski definition) is 1. The van der Waals surface area contributed by atoms with E-state index in [0.29, 0.717) is 10.0 Å². The molecule has 4 nitrogen and oxygen atoms in total. The number of rotatable bonds is 4. The predicted octanol–water partition coefficient (Wildman–Crippen LogP) is 7.13. The van der Waals surface area contributed by atoms with E-state index in [1.165, 1.54) is 27.7 Å². The van der Waals surface area contributed by atoms with E-state index in [1.54, 1.807) is 0 Å². The number of fused-ring (bicyclic) bond motifs is 2. The fraction of sp³-hybridized carbons (Fsp3) is 0.276. The molecule has 3 aromatic carbocycles. The van der Waals surface area contributed by atoms with Crippen molar-refractivity contribution in [1.29, 1.82) is 0 Å². The van der Waals surface area contributed by atoms with Crippen LogP contribution in [0.3, 0.4) is 0 Å². The third-order valence-corrected chi connectivity index (χ3v) is 8.25. The predicted molar refractivity (Wildman–Crippen MR) is 149 cm³/mol. The summed E-state index contributed by atoms with van der Waals surface area (Å²) < 4.78 is 0. The minimum absolute atomic E-state index is 0.601. The number of anilines is 1. The SMILES string of the molecule is CCc1ccc(C2=Nc3ccc(-c4cc5ccc(N6CCN(C)CC6)cc5[nH]4)cc3C2)c(Cl)c1Cl. The zero-order valence-electron chi connectivity index (χ0n) is 20.0. The highest BCUT2D eigenvalue weighted by atomic mass is 35.5. The van der Waals surface area contributed by atoms with Crippen molar-refractivity contribution in [2.24, 2.45) is 4.99 Å². The maximum absolute atomic E-state index is 6.62. The largest absolute Gasteiger partial charge is 0.369 e. The molecule has 2 aliphatic heterocycles. The molecule has 1 N–H and O–H groups in total. The molecule has 0 unspecified atom stereocenters. The quantitative estimate of drug-likeness (QED) is 0.322. The lowest BCUT2D eigenvalue weighted by atomic mass is 10.00. The van der Waals surface area contributed by atoms with Gasteiger partial charge in [-0.3, -0.25) is 4.99 Å². The number of aliphatic imine (C=N–C) groups is 1. The third kappa shape index (κ3) is 4.14. The first-order chi connectivity index (χ1) is 17.0. The minimum atomic E-state index is 0.601. The van der Waals surface area contributed by atoms with Crippen LogP contribution in [0.25, 0.3) is 22.2 Å². The Labute approximate surface area is 216 Å². The molecular weight excluding hydrogens is 475 g/mol. The molecule has 0 amide bonds. The Balaban J connectivity index is 1.26. The summed E-state index contributed by atoms with van der Waals surface area (Å²) >= 11 is 13.1. The van der Waals surface area contributed by atoms with Gasteiger partial charge < -0.3 is 14.8 Å². The first-order valence-electron chi connectivity index (χ1n) is 12.2. The molecule has 0 aliphatic carbocycles. The molecule has 0 saturated carbocycles. The first kappa shape index (κ1) is 22.7. The molecule has 0 atom stereocenters. The van der Waals surface area contributed by atoms with Crippen molar-refractivity contribution in [1.82, 2.24) is 9.88 Å². The number of aromatic nitrogens is 1. The van der Waals surface area contributed by atoms with E-state index in [1.807, 2.05) is 6.07 Å². The van der Waals surface area contributed by atoms with E-state index >= 15 is 0 Å². The van der Waals surface area contributed by atoms with Crippen molar-refractivity contribution in [3.05, 3.63) is 81.3 Å². The number of nitrogens with one attached hydrogen (secondary N) is 1. The average molecular weight is 503 g/mol. The van der Waals surface area contributed by atoms with Gasteiger partial charge in [-0.25, -0.2) is 0 Å². The van der Waals surface area contributed by atoms with Crippen LogP contribution in [-0.2, 0) is 12.8 Å². The lowest BCUT2D eigenvalue weighted by Gasteiger charge is -2.34. The van der Waals surface area contributed by atoms with E-state index in [9.17, 15) is 0 Å². The number of likely N-dealkylation sites (N-methyl/N-ethyl adjacent to an activating group) is 1. The van der Waals surface area contributed by atoms with Gasteiger partial charge >= 0.3 is 0 Å². The highest BCUT2D eigenvalue weighted by Crippen LogP contribution is 2.37. The number of H-pyrrole nitrogens is 1. The van der Waals surface area contributed by atoms with Crippen molar-refractivity contribution in [3.8, 4) is 11.3 Å². The van der Waals surface area contributed by atoms with Crippen molar-refractivity contribution < 1.29 is 0 Å². The van der Waals surface area contributed by atoms with Gasteiger partial charge in [0.1, 0.15) is 0 Å². The molecule has 2 aliphatic rings. The molecule has 178 valence electrons. The van der Waals surface area contributed by atoms with Crippen molar-refractivity contribution in [3.63, 3.8) is 0 Å². The molecule has 0 bridgehead atoms. The zero-order valence-corrected chi connectivity index (χ0v) is 21.5. The van der Waals surface area contributed by atoms with Gasteiger partial charge in [0.15, 0.2) is 0 Å². The number of hydrogen-bond acceptors (Lipinski definition) is 3. The molecule has 1 saturated heterocycles. The van der Waals surface area contributed by atoms with Crippen LogP contribution in [0.1, 0.15) is 23.6 Å². The summed E-state index contributed by atoms with van der Waals surface area (Å²) in [6.45, 7) is 6.43. The van der Waals surface area contributed by atoms with Crippen LogP contribution in [-0.4, -0.2) is 48.8 Å². The van der Waals surface area contributed by atoms with Crippen LogP contribution in [0.2, 0.25) is 10.0 Å². The lowest BCUT2D eigenvalue weighted by molar-refractivity contribution is 0.313. The molecule has 6 rings (SSSR count). The Bertz CT molecular complexity index is 1460. The van der Waals surface area contributed by atoms with Crippen molar-refractivity contribution in [2.75, 3.05) is 38.1 Å². The molecule has 0 spiro atoms. The summed E-state index contributed by atoms with van der Waals surface area (Å²) in [5, 5.41) is 2.47. The maximum atomic E-state index is 6.62. The molecule has 4 aromatic rings. The summed E-state index contributed by atoms with van der Waals surface area (Å²) in [5.74, 6) is 0. The number of piperazine rings is 1. The Hall–Kier alpha value is -2.79. The third-order valence-electron chi connectivity index (χ3n) is 7.33. The number of benzene rings is 3. The second kappa shape index (κ2) is 9.02. The normalized spacial score (nSPS) is 16.1. The summed E-state index contributed by atoms with van der Waals surface area (Å²) in [4.78, 5) is 13.4. The summed E-state index contributed by atoms with van der Waals surface area (Å²) in [5.41, 5.74) is 9.93. The second-order valence-corrected chi connectivity index (χ2v) is 10.3. The second-order valence-electron chi connectivity index (χ2n) is 9.58. The number of aryl methyl sites for hydroxylation is 1. The van der Waals surface area contributed by atoms with Gasteiger partial charge in [0, 0.05) is 60.4 Å². The van der Waals surface area contributed by atoms with Crippen LogP contribution in [0.4, 0.5) is 11.4 Å². The first-order valence-corrected chi connectivity index (χ1v) is 13.0. The summed E-state index contributed by atoms with van der Waals surface area (Å²) in [6.07, 6.45) is 1.61. The van der Waals surface area contributed by atoms with Crippen LogP contribution in [0.5, 0.6) is 0 Å². The van der Waals surface area contributed by atoms with E-state index in [4.69, 9.17) is 28.2 Å². The van der Waals surface area contributed by atoms with Crippen LogP contribution >= 0.6 is 23.2 Å². The zero-order chi connectivity index (χ0) is 24.1. The van der Waals surface area contributed by atoms with Crippen molar-refractivity contribution in [2.45, 2.75) is 19.8 Å². The minimum Gasteiger partial charge on any atom is -0.369 e. The van der Waals surface area contributed by atoms with Gasteiger partial charge in [0.2, 0.25) is 0 Å². The summed E-state index contributed by atoms with van der Waals surface area (Å²) in [6, 6.07) is 19.6.